The third kappa shape index (κ3) is 3.82. The Hall–Kier alpha value is -1.06. The summed E-state index contributed by atoms with van der Waals surface area (Å²) in [4.78, 5) is 26.8. The Kier molecular flexibility index (Phi) is 5.87. The molecular formula is C18H31NO3. The van der Waals surface area contributed by atoms with Crippen LogP contribution in [0, 0.1) is 23.7 Å². The van der Waals surface area contributed by atoms with Crippen molar-refractivity contribution >= 4 is 11.9 Å². The van der Waals surface area contributed by atoms with Crippen molar-refractivity contribution < 1.29 is 14.3 Å². The standard InChI is InChI=1S/C18H31NO3/c1-12(2)14-9-8-13(3)11-15(14)17(20)19(4)16-7-5-6-10-22-18(16)21/h12-16H,5-11H2,1-4H3/t13-,14+,15-,16?/m1/s1. The number of hydrogen-bond acceptors (Lipinski definition) is 3. The fraction of sp³-hybridized carbons (Fsp3) is 0.889. The second kappa shape index (κ2) is 7.47. The van der Waals surface area contributed by atoms with E-state index in [0.717, 1.165) is 32.1 Å². The van der Waals surface area contributed by atoms with Crippen molar-refractivity contribution in [3.8, 4) is 0 Å². The quantitative estimate of drug-likeness (QED) is 0.752. The van der Waals surface area contributed by atoms with Crippen molar-refractivity contribution in [1.82, 2.24) is 4.90 Å². The summed E-state index contributed by atoms with van der Waals surface area (Å²) in [5.74, 6) is 1.53. The summed E-state index contributed by atoms with van der Waals surface area (Å²) in [6.45, 7) is 7.14. The molecule has 0 radical (unpaired) electrons. The molecule has 1 unspecified atom stereocenters. The number of carbonyl (C=O) groups excluding carboxylic acids is 2. The van der Waals surface area contributed by atoms with Crippen molar-refractivity contribution in [3.05, 3.63) is 0 Å². The number of amides is 1. The van der Waals surface area contributed by atoms with Crippen molar-refractivity contribution in [2.75, 3.05) is 13.7 Å². The molecule has 4 heteroatoms. The Bertz CT molecular complexity index is 407. The summed E-state index contributed by atoms with van der Waals surface area (Å²) in [6.07, 6.45) is 5.87. The molecule has 0 aromatic heterocycles. The van der Waals surface area contributed by atoms with Gasteiger partial charge in [0.15, 0.2) is 0 Å². The Morgan fingerprint density at radius 2 is 1.95 bits per heavy atom. The van der Waals surface area contributed by atoms with E-state index in [-0.39, 0.29) is 23.8 Å². The Balaban J connectivity index is 2.11. The molecule has 4 nitrogen and oxygen atoms in total. The van der Waals surface area contributed by atoms with Gasteiger partial charge in [-0.25, -0.2) is 4.79 Å². The topological polar surface area (TPSA) is 46.6 Å². The van der Waals surface area contributed by atoms with Crippen molar-refractivity contribution in [2.24, 2.45) is 23.7 Å². The van der Waals surface area contributed by atoms with Crippen LogP contribution in [-0.4, -0.2) is 36.5 Å². The van der Waals surface area contributed by atoms with E-state index < -0.39 is 0 Å². The predicted octanol–water partition coefficient (Wildman–Crippen LogP) is 3.25. The molecule has 0 N–H and O–H groups in total. The number of esters is 1. The first-order valence-corrected chi connectivity index (χ1v) is 8.85. The van der Waals surface area contributed by atoms with Gasteiger partial charge in [-0.3, -0.25) is 4.79 Å². The van der Waals surface area contributed by atoms with Gasteiger partial charge in [-0.2, -0.15) is 0 Å². The van der Waals surface area contributed by atoms with Gasteiger partial charge in [-0.1, -0.05) is 27.2 Å². The van der Waals surface area contributed by atoms with E-state index in [9.17, 15) is 9.59 Å². The van der Waals surface area contributed by atoms with E-state index in [1.807, 2.05) is 0 Å². The monoisotopic (exact) mass is 309 g/mol. The first kappa shape index (κ1) is 17.3. The number of rotatable bonds is 3. The third-order valence-electron chi connectivity index (χ3n) is 5.54. The zero-order valence-corrected chi connectivity index (χ0v) is 14.5. The highest BCUT2D eigenvalue weighted by molar-refractivity contribution is 5.86. The second-order valence-electron chi connectivity index (χ2n) is 7.56. The van der Waals surface area contributed by atoms with E-state index in [1.54, 1.807) is 11.9 Å². The van der Waals surface area contributed by atoms with Gasteiger partial charge in [0.1, 0.15) is 6.04 Å². The first-order chi connectivity index (χ1) is 10.4. The fourth-order valence-electron chi connectivity index (χ4n) is 4.08. The molecule has 2 aliphatic rings. The lowest BCUT2D eigenvalue weighted by atomic mass is 9.69. The summed E-state index contributed by atoms with van der Waals surface area (Å²) in [5.41, 5.74) is 0. The van der Waals surface area contributed by atoms with Gasteiger partial charge >= 0.3 is 5.97 Å². The van der Waals surface area contributed by atoms with Crippen LogP contribution in [0.3, 0.4) is 0 Å². The molecule has 4 atom stereocenters. The molecule has 1 saturated heterocycles. The molecule has 1 aliphatic carbocycles. The molecule has 1 amide bonds. The maximum atomic E-state index is 13.0. The highest BCUT2D eigenvalue weighted by Gasteiger charge is 2.39. The molecule has 126 valence electrons. The first-order valence-electron chi connectivity index (χ1n) is 8.85. The van der Waals surface area contributed by atoms with Gasteiger partial charge in [0.05, 0.1) is 6.61 Å². The molecule has 0 aromatic rings. The lowest BCUT2D eigenvalue weighted by Crippen LogP contribution is -2.48. The van der Waals surface area contributed by atoms with Crippen molar-refractivity contribution in [3.63, 3.8) is 0 Å². The van der Waals surface area contributed by atoms with Crippen LogP contribution in [0.15, 0.2) is 0 Å². The van der Waals surface area contributed by atoms with Crippen LogP contribution in [-0.2, 0) is 14.3 Å². The number of likely N-dealkylation sites (N-methyl/N-ethyl adjacent to an activating group) is 1. The van der Waals surface area contributed by atoms with Crippen LogP contribution in [0.2, 0.25) is 0 Å². The normalized spacial score (nSPS) is 33.2. The fourth-order valence-corrected chi connectivity index (χ4v) is 4.08. The maximum absolute atomic E-state index is 13.0. The van der Waals surface area contributed by atoms with Crippen LogP contribution in [0.5, 0.6) is 0 Å². The molecular weight excluding hydrogens is 278 g/mol. The maximum Gasteiger partial charge on any atom is 0.328 e. The molecule has 0 spiro atoms. The molecule has 2 rings (SSSR count). The number of carbonyl (C=O) groups is 2. The Morgan fingerprint density at radius 1 is 1.23 bits per heavy atom. The SMILES string of the molecule is CC(C)[C@@H]1CC[C@@H](C)C[C@H]1C(=O)N(C)C1CCCCOC1=O. The van der Waals surface area contributed by atoms with Crippen LogP contribution in [0.1, 0.15) is 59.3 Å². The summed E-state index contributed by atoms with van der Waals surface area (Å²) >= 11 is 0. The van der Waals surface area contributed by atoms with Crippen LogP contribution in [0.25, 0.3) is 0 Å². The molecule has 2 fully saturated rings. The predicted molar refractivity (Wildman–Crippen MR) is 86.2 cm³/mol. The smallest absolute Gasteiger partial charge is 0.328 e. The summed E-state index contributed by atoms with van der Waals surface area (Å²) in [5, 5.41) is 0. The lowest BCUT2D eigenvalue weighted by Gasteiger charge is -2.39. The highest BCUT2D eigenvalue weighted by Crippen LogP contribution is 2.39. The molecule has 0 aromatic carbocycles. The van der Waals surface area contributed by atoms with Gasteiger partial charge in [-0.15, -0.1) is 0 Å². The zero-order valence-electron chi connectivity index (χ0n) is 14.5. The summed E-state index contributed by atoms with van der Waals surface area (Å²) in [6, 6.07) is -0.389. The van der Waals surface area contributed by atoms with E-state index in [2.05, 4.69) is 20.8 Å². The van der Waals surface area contributed by atoms with E-state index in [0.29, 0.717) is 24.4 Å². The average molecular weight is 309 g/mol. The van der Waals surface area contributed by atoms with E-state index in [4.69, 9.17) is 4.74 Å². The minimum absolute atomic E-state index is 0.0600. The van der Waals surface area contributed by atoms with Gasteiger partial charge < -0.3 is 9.64 Å². The zero-order chi connectivity index (χ0) is 16.3. The summed E-state index contributed by atoms with van der Waals surface area (Å²) in [7, 11) is 1.79. The summed E-state index contributed by atoms with van der Waals surface area (Å²) < 4.78 is 5.24. The number of hydrogen-bond donors (Lipinski definition) is 0. The highest BCUT2D eigenvalue weighted by atomic mass is 16.5. The van der Waals surface area contributed by atoms with Crippen LogP contribution in [0.4, 0.5) is 0 Å². The number of ether oxygens (including phenoxy) is 1. The van der Waals surface area contributed by atoms with Gasteiger partial charge in [0.25, 0.3) is 0 Å². The largest absolute Gasteiger partial charge is 0.464 e. The van der Waals surface area contributed by atoms with Crippen LogP contribution < -0.4 is 0 Å². The van der Waals surface area contributed by atoms with Gasteiger partial charge in [0, 0.05) is 13.0 Å². The number of nitrogens with zero attached hydrogens (tertiary/aromatic N) is 1. The third-order valence-corrected chi connectivity index (χ3v) is 5.54. The molecule has 1 saturated carbocycles. The van der Waals surface area contributed by atoms with Gasteiger partial charge in [0.2, 0.25) is 5.91 Å². The minimum Gasteiger partial charge on any atom is -0.464 e. The molecule has 22 heavy (non-hydrogen) atoms. The second-order valence-corrected chi connectivity index (χ2v) is 7.56. The Morgan fingerprint density at radius 3 is 2.64 bits per heavy atom. The number of cyclic esters (lactones) is 1. The van der Waals surface area contributed by atoms with E-state index in [1.165, 1.54) is 6.42 Å². The van der Waals surface area contributed by atoms with Crippen molar-refractivity contribution in [1.29, 1.82) is 0 Å². The Labute approximate surface area is 134 Å². The molecule has 1 aliphatic heterocycles. The average Bonchev–Trinajstić information content (AvgIpc) is 2.69. The lowest BCUT2D eigenvalue weighted by molar-refractivity contribution is -0.156. The van der Waals surface area contributed by atoms with E-state index >= 15 is 0 Å². The van der Waals surface area contributed by atoms with Crippen LogP contribution >= 0.6 is 0 Å². The molecule has 1 heterocycles. The molecule has 0 bridgehead atoms. The van der Waals surface area contributed by atoms with Gasteiger partial charge in [-0.05, 0) is 49.9 Å². The van der Waals surface area contributed by atoms with Crippen molar-refractivity contribution in [2.45, 2.75) is 65.3 Å². The minimum atomic E-state index is -0.389.